The van der Waals surface area contributed by atoms with E-state index in [1.54, 1.807) is 0 Å². The molecule has 0 bridgehead atoms. The molecule has 2 nitrogen and oxygen atoms in total. The summed E-state index contributed by atoms with van der Waals surface area (Å²) in [4.78, 5) is 0. The summed E-state index contributed by atoms with van der Waals surface area (Å²) in [6.07, 6.45) is 23.1. The van der Waals surface area contributed by atoms with E-state index in [1.807, 2.05) is 0 Å². The van der Waals surface area contributed by atoms with Crippen LogP contribution in [0.4, 0.5) is 0 Å². The van der Waals surface area contributed by atoms with Gasteiger partial charge in [-0.25, -0.2) is 4.57 Å². The first-order valence-electron chi connectivity index (χ1n) is 10.9. The van der Waals surface area contributed by atoms with Gasteiger partial charge in [-0.2, -0.15) is 0 Å². The van der Waals surface area contributed by atoms with Crippen molar-refractivity contribution in [3.05, 3.63) is 30.1 Å². The monoisotopic (exact) mass is 420 g/mol. The Morgan fingerprint density at radius 1 is 0.667 bits per heavy atom. The van der Waals surface area contributed by atoms with Crippen LogP contribution >= 0.6 is 12.4 Å². The summed E-state index contributed by atoms with van der Waals surface area (Å²) in [5, 5.41) is 0. The third-order valence-electron chi connectivity index (χ3n) is 5.07. The van der Waals surface area contributed by atoms with E-state index >= 15 is 0 Å². The van der Waals surface area contributed by atoms with Gasteiger partial charge in [0.05, 0.1) is 0 Å². The second-order valence-corrected chi connectivity index (χ2v) is 7.38. The summed E-state index contributed by atoms with van der Waals surface area (Å²) < 4.78 is 2.50. The van der Waals surface area contributed by atoms with Crippen LogP contribution in [0.5, 0.6) is 0 Å². The number of hydrogen-bond acceptors (Lipinski definition) is 1. The second kappa shape index (κ2) is 23.7. The molecular weight excluding hydrogens is 375 g/mol. The van der Waals surface area contributed by atoms with Crippen molar-refractivity contribution in [2.45, 2.75) is 117 Å². The number of aromatic nitrogens is 1. The van der Waals surface area contributed by atoms with Gasteiger partial charge in [-0.05, 0) is 12.8 Å². The van der Waals surface area contributed by atoms with E-state index in [2.05, 4.69) is 42.8 Å². The molecule has 0 amide bonds. The molecule has 0 saturated heterocycles. The van der Waals surface area contributed by atoms with Gasteiger partial charge in [-0.15, -0.1) is 12.4 Å². The van der Waals surface area contributed by atoms with Crippen molar-refractivity contribution in [1.82, 2.24) is 6.15 Å². The topological polar surface area (TPSA) is 38.9 Å². The van der Waals surface area contributed by atoms with E-state index in [9.17, 15) is 0 Å². The zero-order valence-electron chi connectivity index (χ0n) is 18.1. The molecule has 0 aromatic carbocycles. The molecule has 0 aliphatic rings. The van der Waals surface area contributed by atoms with E-state index in [0.29, 0.717) is 0 Å². The summed E-state index contributed by atoms with van der Waals surface area (Å²) in [6.45, 7) is 5.79. The Balaban J connectivity index is -0.00000192. The number of unbranched alkanes of at least 4 members (excludes halogenated alkanes) is 12. The van der Waals surface area contributed by atoms with Crippen molar-refractivity contribution in [3.63, 3.8) is 0 Å². The molecule has 0 unspecified atom stereocenters. The van der Waals surface area contributed by atoms with Crippen molar-refractivity contribution < 1.29 is 17.0 Å². The molecule has 0 aliphatic heterocycles. The van der Waals surface area contributed by atoms with Crippen molar-refractivity contribution in [1.29, 1.82) is 0 Å². The highest BCUT2D eigenvalue weighted by Crippen LogP contribution is 2.10. The summed E-state index contributed by atoms with van der Waals surface area (Å²) in [6, 6.07) is 6.73. The number of pyridine rings is 1. The summed E-state index contributed by atoms with van der Waals surface area (Å²) in [5.74, 6) is 0. The normalized spacial score (nSPS) is 9.85. The molecule has 0 radical (unpaired) electrons. The Morgan fingerprint density at radius 3 is 1.70 bits per heavy atom. The maximum atomic E-state index is 2.50. The highest BCUT2D eigenvalue weighted by Gasteiger charge is 2.08. The van der Waals surface area contributed by atoms with Crippen LogP contribution in [-0.2, 0) is 13.0 Å². The second-order valence-electron chi connectivity index (χ2n) is 7.38. The molecule has 1 aromatic rings. The lowest BCUT2D eigenvalue weighted by molar-refractivity contribution is -0.704. The molecule has 0 spiro atoms. The molecule has 0 atom stereocenters. The first-order valence-corrected chi connectivity index (χ1v) is 10.9. The van der Waals surface area contributed by atoms with Crippen LogP contribution in [0.2, 0.25) is 0 Å². The smallest absolute Gasteiger partial charge is 0.181 e. The standard InChI is InChI=1S/C23H42N.2ClH.H3N/c1-3-5-7-9-11-12-14-17-21-24-22-18-16-20-23(24)19-15-13-10-8-6-4-2;;;/h16,18,20,22H,3-15,17,19,21H2,1-2H3;2*1H;1H3/q+1;;;/p-1. The Labute approximate surface area is 182 Å². The van der Waals surface area contributed by atoms with E-state index < -0.39 is 0 Å². The van der Waals surface area contributed by atoms with Gasteiger partial charge in [-0.3, -0.25) is 0 Å². The predicted molar refractivity (Wildman–Crippen MR) is 119 cm³/mol. The first-order chi connectivity index (χ1) is 11.9. The fourth-order valence-electron chi connectivity index (χ4n) is 3.46. The lowest BCUT2D eigenvalue weighted by Gasteiger charge is -2.05. The van der Waals surface area contributed by atoms with Gasteiger partial charge >= 0.3 is 0 Å². The SMILES string of the molecule is CCCCCCCCCC[n+]1ccccc1CCCCCCCC.Cl.N.[Cl-]. The van der Waals surface area contributed by atoms with Gasteiger partial charge < -0.3 is 18.6 Å². The fourth-order valence-corrected chi connectivity index (χ4v) is 3.46. The minimum absolute atomic E-state index is 0. The van der Waals surface area contributed by atoms with Gasteiger partial charge in [0.15, 0.2) is 11.9 Å². The van der Waals surface area contributed by atoms with Gasteiger partial charge in [0, 0.05) is 25.0 Å². The molecule has 3 N–H and O–H groups in total. The predicted octanol–water partition coefficient (Wildman–Crippen LogP) is 4.61. The van der Waals surface area contributed by atoms with E-state index in [4.69, 9.17) is 0 Å². The minimum atomic E-state index is 0. The van der Waals surface area contributed by atoms with Crippen molar-refractivity contribution in [2.75, 3.05) is 0 Å². The summed E-state index contributed by atoms with van der Waals surface area (Å²) in [7, 11) is 0. The summed E-state index contributed by atoms with van der Waals surface area (Å²) in [5.41, 5.74) is 1.54. The molecule has 0 saturated carbocycles. The largest absolute Gasteiger partial charge is 1.00 e. The zero-order valence-corrected chi connectivity index (χ0v) is 19.6. The quantitative estimate of drug-likeness (QED) is 0.307. The van der Waals surface area contributed by atoms with E-state index in [0.717, 1.165) is 0 Å². The summed E-state index contributed by atoms with van der Waals surface area (Å²) >= 11 is 0. The Bertz CT molecular complexity index is 400. The highest BCUT2D eigenvalue weighted by atomic mass is 35.5. The number of aryl methyl sites for hydroxylation is 2. The molecule has 1 rings (SSSR count). The van der Waals surface area contributed by atoms with Gasteiger partial charge in [0.25, 0.3) is 0 Å². The average molecular weight is 422 g/mol. The van der Waals surface area contributed by atoms with Crippen molar-refractivity contribution >= 4 is 12.4 Å². The van der Waals surface area contributed by atoms with E-state index in [-0.39, 0.29) is 31.0 Å². The minimum Gasteiger partial charge on any atom is -1.00 e. The molecule has 0 aliphatic carbocycles. The lowest BCUT2D eigenvalue weighted by Crippen LogP contribution is -3.00. The van der Waals surface area contributed by atoms with Gasteiger partial charge in [0.1, 0.15) is 6.54 Å². The number of nitrogens with zero attached hydrogens (tertiary/aromatic N) is 1. The third kappa shape index (κ3) is 17.5. The number of rotatable bonds is 16. The number of hydrogen-bond donors (Lipinski definition) is 1. The Hall–Kier alpha value is -0.310. The average Bonchev–Trinajstić information content (AvgIpc) is 2.61. The molecular formula is C23H46Cl2N2. The van der Waals surface area contributed by atoms with Crippen LogP contribution in [0.1, 0.15) is 109 Å². The number of halogens is 2. The Kier molecular flexibility index (Phi) is 27.6. The van der Waals surface area contributed by atoms with E-state index in [1.165, 1.54) is 109 Å². The fraction of sp³-hybridized carbons (Fsp3) is 0.783. The van der Waals surface area contributed by atoms with Crippen molar-refractivity contribution in [2.24, 2.45) is 0 Å². The van der Waals surface area contributed by atoms with Crippen LogP contribution in [0.25, 0.3) is 0 Å². The van der Waals surface area contributed by atoms with Crippen molar-refractivity contribution in [3.8, 4) is 0 Å². The molecule has 0 fully saturated rings. The molecule has 27 heavy (non-hydrogen) atoms. The Morgan fingerprint density at radius 2 is 1.15 bits per heavy atom. The maximum absolute atomic E-state index is 2.50. The molecule has 4 heteroatoms. The van der Waals surface area contributed by atoms with Crippen LogP contribution in [0, 0.1) is 0 Å². The molecule has 1 aromatic heterocycles. The first kappa shape index (κ1) is 31.4. The lowest BCUT2D eigenvalue weighted by atomic mass is 10.1. The van der Waals surface area contributed by atoms with Gasteiger partial charge in [0.2, 0.25) is 0 Å². The van der Waals surface area contributed by atoms with Crippen LogP contribution in [0.15, 0.2) is 24.4 Å². The molecule has 162 valence electrons. The van der Waals surface area contributed by atoms with Crippen LogP contribution in [-0.4, -0.2) is 0 Å². The zero-order chi connectivity index (χ0) is 17.3. The van der Waals surface area contributed by atoms with Crippen LogP contribution in [0.3, 0.4) is 0 Å². The van der Waals surface area contributed by atoms with Crippen LogP contribution < -0.4 is 23.1 Å². The van der Waals surface area contributed by atoms with Gasteiger partial charge in [-0.1, -0.05) is 90.5 Å². The highest BCUT2D eigenvalue weighted by molar-refractivity contribution is 5.85. The maximum Gasteiger partial charge on any atom is 0.181 e. The molecule has 1 heterocycles. The third-order valence-corrected chi connectivity index (χ3v) is 5.07.